The van der Waals surface area contributed by atoms with Gasteiger partial charge in [0.1, 0.15) is 0 Å². The van der Waals surface area contributed by atoms with Crippen LogP contribution in [0.2, 0.25) is 0 Å². The summed E-state index contributed by atoms with van der Waals surface area (Å²) in [5, 5.41) is 13.6. The summed E-state index contributed by atoms with van der Waals surface area (Å²) in [5.74, 6) is -1.12. The molecule has 1 aromatic carbocycles. The molecule has 2 heterocycles. The van der Waals surface area contributed by atoms with Gasteiger partial charge in [-0.1, -0.05) is 29.3 Å². The smallest absolute Gasteiger partial charge is 0.337 e. The van der Waals surface area contributed by atoms with Gasteiger partial charge in [0.25, 0.3) is 0 Å². The lowest BCUT2D eigenvalue weighted by Crippen LogP contribution is -2.05. The van der Waals surface area contributed by atoms with E-state index in [1.165, 1.54) is 16.8 Å². The molecule has 0 atom stereocenters. The molecule has 3 rings (SSSR count). The van der Waals surface area contributed by atoms with E-state index >= 15 is 0 Å². The van der Waals surface area contributed by atoms with Crippen LogP contribution in [0.1, 0.15) is 51.7 Å². The Balaban J connectivity index is 2.14. The predicted octanol–water partition coefficient (Wildman–Crippen LogP) is 4.37. The van der Waals surface area contributed by atoms with Crippen LogP contribution in [0.3, 0.4) is 0 Å². The number of carboxylic acids is 1. The molecule has 0 aliphatic rings. The molecular weight excluding hydrogens is 384 g/mol. The molecule has 2 aromatic heterocycles. The van der Waals surface area contributed by atoms with E-state index in [2.05, 4.69) is 28.0 Å². The van der Waals surface area contributed by atoms with E-state index in [0.717, 1.165) is 17.3 Å². The standard InChI is InChI=1S/C19H17BrN2O3/c1-2-3-4-15-17(18(23)12-5-8-14(20)9-6-12)16-10-7-13(19(24)25)11-22(16)21-15/h5-11H,2-4H2,1H3,(H,24,25). The Kier molecular flexibility index (Phi) is 4.99. The van der Waals surface area contributed by atoms with Crippen molar-refractivity contribution in [3.63, 3.8) is 0 Å². The van der Waals surface area contributed by atoms with Crippen LogP contribution in [0.4, 0.5) is 0 Å². The number of ketones is 1. The van der Waals surface area contributed by atoms with Gasteiger partial charge in [-0.05, 0) is 49.2 Å². The van der Waals surface area contributed by atoms with Gasteiger partial charge < -0.3 is 5.11 Å². The van der Waals surface area contributed by atoms with Gasteiger partial charge in [-0.3, -0.25) is 4.79 Å². The molecule has 0 radical (unpaired) electrons. The molecule has 0 aliphatic carbocycles. The topological polar surface area (TPSA) is 71.7 Å². The van der Waals surface area contributed by atoms with E-state index < -0.39 is 5.97 Å². The zero-order valence-electron chi connectivity index (χ0n) is 13.7. The SMILES string of the molecule is CCCCc1nn2cc(C(=O)O)ccc2c1C(=O)c1ccc(Br)cc1. The van der Waals surface area contributed by atoms with E-state index in [9.17, 15) is 9.59 Å². The number of aryl methyl sites for hydroxylation is 1. The monoisotopic (exact) mass is 400 g/mol. The lowest BCUT2D eigenvalue weighted by Gasteiger charge is -2.03. The van der Waals surface area contributed by atoms with Crippen molar-refractivity contribution >= 4 is 33.2 Å². The Labute approximate surface area is 153 Å². The molecule has 128 valence electrons. The number of hydrogen-bond acceptors (Lipinski definition) is 3. The van der Waals surface area contributed by atoms with Gasteiger partial charge in [-0.15, -0.1) is 0 Å². The van der Waals surface area contributed by atoms with Crippen molar-refractivity contribution in [3.05, 3.63) is 69.5 Å². The molecule has 0 fully saturated rings. The Morgan fingerprint density at radius 3 is 2.44 bits per heavy atom. The van der Waals surface area contributed by atoms with Gasteiger partial charge >= 0.3 is 5.97 Å². The highest BCUT2D eigenvalue weighted by molar-refractivity contribution is 9.10. The van der Waals surface area contributed by atoms with Gasteiger partial charge in [0, 0.05) is 16.2 Å². The number of hydrogen-bond donors (Lipinski definition) is 1. The number of carboxylic acid groups (broad SMARTS) is 1. The Hall–Kier alpha value is -2.47. The molecule has 0 bridgehead atoms. The second kappa shape index (κ2) is 7.19. The van der Waals surface area contributed by atoms with Crippen molar-refractivity contribution in [3.8, 4) is 0 Å². The van der Waals surface area contributed by atoms with Gasteiger partial charge in [0.15, 0.2) is 5.78 Å². The van der Waals surface area contributed by atoms with Crippen molar-refractivity contribution in [1.29, 1.82) is 0 Å². The number of unbranched alkanes of at least 4 members (excludes halogenated alkanes) is 1. The van der Waals surface area contributed by atoms with Crippen molar-refractivity contribution in [2.24, 2.45) is 0 Å². The summed E-state index contributed by atoms with van der Waals surface area (Å²) < 4.78 is 2.40. The van der Waals surface area contributed by atoms with Crippen LogP contribution in [0.5, 0.6) is 0 Å². The van der Waals surface area contributed by atoms with Crippen LogP contribution in [0, 0.1) is 0 Å². The second-order valence-electron chi connectivity index (χ2n) is 5.81. The highest BCUT2D eigenvalue weighted by Crippen LogP contribution is 2.23. The first kappa shape index (κ1) is 17.4. The van der Waals surface area contributed by atoms with E-state index in [0.29, 0.717) is 28.8 Å². The largest absolute Gasteiger partial charge is 0.478 e. The maximum absolute atomic E-state index is 13.1. The molecule has 0 unspecified atom stereocenters. The minimum atomic E-state index is -1.02. The van der Waals surface area contributed by atoms with E-state index in [-0.39, 0.29) is 11.3 Å². The molecule has 0 aliphatic heterocycles. The van der Waals surface area contributed by atoms with Crippen LogP contribution in [0.25, 0.3) is 5.52 Å². The Morgan fingerprint density at radius 1 is 1.12 bits per heavy atom. The van der Waals surface area contributed by atoms with Crippen LogP contribution < -0.4 is 0 Å². The molecule has 1 N–H and O–H groups in total. The Bertz CT molecular complexity index is 945. The van der Waals surface area contributed by atoms with Gasteiger partial charge in [0.2, 0.25) is 0 Å². The van der Waals surface area contributed by atoms with Gasteiger partial charge in [0.05, 0.1) is 22.3 Å². The van der Waals surface area contributed by atoms with Crippen molar-refractivity contribution in [1.82, 2.24) is 9.61 Å². The first-order valence-electron chi connectivity index (χ1n) is 8.06. The minimum absolute atomic E-state index is 0.100. The number of carbonyl (C=O) groups is 2. The number of halogens is 1. The molecule has 3 aromatic rings. The Morgan fingerprint density at radius 2 is 1.80 bits per heavy atom. The molecule has 0 spiro atoms. The number of rotatable bonds is 6. The third-order valence-corrected chi connectivity index (χ3v) is 4.58. The maximum atomic E-state index is 13.1. The lowest BCUT2D eigenvalue weighted by atomic mass is 9.99. The summed E-state index contributed by atoms with van der Waals surface area (Å²) in [6, 6.07) is 10.3. The van der Waals surface area contributed by atoms with Gasteiger partial charge in [-0.2, -0.15) is 5.10 Å². The number of pyridine rings is 1. The fourth-order valence-corrected chi connectivity index (χ4v) is 3.00. The van der Waals surface area contributed by atoms with Crippen molar-refractivity contribution in [2.45, 2.75) is 26.2 Å². The number of aromatic carboxylic acids is 1. The summed E-state index contributed by atoms with van der Waals surface area (Å²) in [5.41, 5.74) is 2.60. The van der Waals surface area contributed by atoms with Crippen LogP contribution in [-0.2, 0) is 6.42 Å². The number of fused-ring (bicyclic) bond motifs is 1. The molecule has 5 nitrogen and oxygen atoms in total. The zero-order chi connectivity index (χ0) is 18.0. The third-order valence-electron chi connectivity index (χ3n) is 4.05. The predicted molar refractivity (Wildman–Crippen MR) is 98.3 cm³/mol. The number of nitrogens with zero attached hydrogens (tertiary/aromatic N) is 2. The number of carbonyl (C=O) groups excluding carboxylic acids is 1. The first-order chi connectivity index (χ1) is 12.0. The lowest BCUT2D eigenvalue weighted by molar-refractivity contribution is 0.0696. The molecule has 0 amide bonds. The summed E-state index contributed by atoms with van der Waals surface area (Å²) in [7, 11) is 0. The van der Waals surface area contributed by atoms with Crippen LogP contribution in [-0.4, -0.2) is 26.5 Å². The van der Waals surface area contributed by atoms with E-state index in [1.807, 2.05) is 12.1 Å². The van der Waals surface area contributed by atoms with Gasteiger partial charge in [-0.25, -0.2) is 9.31 Å². The minimum Gasteiger partial charge on any atom is -0.478 e. The normalized spacial score (nSPS) is 11.0. The molecule has 0 saturated carbocycles. The summed E-state index contributed by atoms with van der Waals surface area (Å²) in [6.45, 7) is 2.08. The number of benzene rings is 1. The summed E-state index contributed by atoms with van der Waals surface area (Å²) in [6.07, 6.45) is 4.03. The highest BCUT2D eigenvalue weighted by atomic mass is 79.9. The molecule has 6 heteroatoms. The molecular formula is C19H17BrN2O3. The molecule has 0 saturated heterocycles. The zero-order valence-corrected chi connectivity index (χ0v) is 15.3. The fourth-order valence-electron chi connectivity index (χ4n) is 2.74. The average molecular weight is 401 g/mol. The maximum Gasteiger partial charge on any atom is 0.337 e. The third kappa shape index (κ3) is 3.49. The quantitative estimate of drug-likeness (QED) is 0.623. The van der Waals surface area contributed by atoms with E-state index in [1.54, 1.807) is 18.2 Å². The summed E-state index contributed by atoms with van der Waals surface area (Å²) >= 11 is 3.37. The first-order valence-corrected chi connectivity index (χ1v) is 8.85. The molecule has 25 heavy (non-hydrogen) atoms. The van der Waals surface area contributed by atoms with Crippen molar-refractivity contribution < 1.29 is 14.7 Å². The average Bonchev–Trinajstić information content (AvgIpc) is 2.97. The number of aromatic nitrogens is 2. The van der Waals surface area contributed by atoms with Crippen LogP contribution in [0.15, 0.2) is 47.1 Å². The van der Waals surface area contributed by atoms with Crippen molar-refractivity contribution in [2.75, 3.05) is 0 Å². The van der Waals surface area contributed by atoms with E-state index in [4.69, 9.17) is 5.11 Å². The highest BCUT2D eigenvalue weighted by Gasteiger charge is 2.21. The second-order valence-corrected chi connectivity index (χ2v) is 6.73. The fraction of sp³-hybridized carbons (Fsp3) is 0.211. The summed E-state index contributed by atoms with van der Waals surface area (Å²) in [4.78, 5) is 24.2. The van der Waals surface area contributed by atoms with Crippen LogP contribution >= 0.6 is 15.9 Å².